The molecule has 0 spiro atoms. The Bertz CT molecular complexity index is 607. The monoisotopic (exact) mass is 306 g/mol. The van der Waals surface area contributed by atoms with Crippen molar-refractivity contribution in [2.45, 2.75) is 0 Å². The van der Waals surface area contributed by atoms with Gasteiger partial charge in [-0.1, -0.05) is 5.16 Å². The van der Waals surface area contributed by atoms with Crippen LogP contribution in [-0.2, 0) is 0 Å². The van der Waals surface area contributed by atoms with Crippen LogP contribution in [0.5, 0.6) is 0 Å². The minimum atomic E-state index is -0.411. The van der Waals surface area contributed by atoms with Crippen LogP contribution in [0.1, 0.15) is 5.56 Å². The Hall–Kier alpha value is -2.03. The van der Waals surface area contributed by atoms with Crippen LogP contribution < -0.4 is 14.7 Å². The first-order valence-electron chi connectivity index (χ1n) is 7.58. The van der Waals surface area contributed by atoms with Gasteiger partial charge in [0.15, 0.2) is 5.41 Å². The fourth-order valence-corrected chi connectivity index (χ4v) is 4.71. The molecular formula is C14H20N5O3+3. The summed E-state index contributed by atoms with van der Waals surface area (Å²) in [4.78, 5) is 15.0. The quantitative estimate of drug-likeness (QED) is 0.201. The lowest BCUT2D eigenvalue weighted by Gasteiger charge is -2.52. The van der Waals surface area contributed by atoms with Gasteiger partial charge in [0, 0.05) is 17.7 Å². The van der Waals surface area contributed by atoms with E-state index in [0.717, 1.165) is 45.2 Å². The van der Waals surface area contributed by atoms with Gasteiger partial charge in [0.1, 0.15) is 25.3 Å². The van der Waals surface area contributed by atoms with Crippen molar-refractivity contribution >= 4 is 11.4 Å². The topological polar surface area (TPSA) is 89.0 Å². The van der Waals surface area contributed by atoms with Crippen molar-refractivity contribution in [1.82, 2.24) is 0 Å². The Morgan fingerprint density at radius 2 is 1.59 bits per heavy atom. The Labute approximate surface area is 127 Å². The highest BCUT2D eigenvalue weighted by Crippen LogP contribution is 2.24. The van der Waals surface area contributed by atoms with Crippen molar-refractivity contribution in [3.05, 3.63) is 39.9 Å². The van der Waals surface area contributed by atoms with E-state index in [4.69, 9.17) is 0 Å². The standard InChI is InChI=1S/C14H17N5O3/c20-15-13(11-1-3-12(4-2-11)19(21)22)14-5-16-8-17(6-14)10-18(7-14)9-16/h1-4,20H,5-10H2/p+3/b15-13-. The van der Waals surface area contributed by atoms with Crippen molar-refractivity contribution in [3.8, 4) is 0 Å². The van der Waals surface area contributed by atoms with Crippen LogP contribution in [0.2, 0.25) is 0 Å². The zero-order chi connectivity index (χ0) is 15.3. The fourth-order valence-electron chi connectivity index (χ4n) is 4.71. The molecule has 4 aliphatic heterocycles. The van der Waals surface area contributed by atoms with E-state index in [1.165, 1.54) is 12.1 Å². The highest BCUT2D eigenvalue weighted by atomic mass is 16.6. The summed E-state index contributed by atoms with van der Waals surface area (Å²) in [6, 6.07) is 6.36. The molecule has 0 atom stereocenters. The molecule has 1 aromatic carbocycles. The van der Waals surface area contributed by atoms with Crippen LogP contribution >= 0.6 is 0 Å². The van der Waals surface area contributed by atoms with Crippen molar-refractivity contribution < 1.29 is 24.8 Å². The highest BCUT2D eigenvalue weighted by Gasteiger charge is 2.60. The molecule has 22 heavy (non-hydrogen) atoms. The summed E-state index contributed by atoms with van der Waals surface area (Å²) in [5, 5.41) is 24.1. The number of hydrogen-bond donors (Lipinski definition) is 4. The number of hydrogen-bond acceptors (Lipinski definition) is 4. The summed E-state index contributed by atoms with van der Waals surface area (Å²) in [6.45, 7) is 6.38. The van der Waals surface area contributed by atoms with E-state index in [0.29, 0.717) is 5.71 Å². The summed E-state index contributed by atoms with van der Waals surface area (Å²) in [5.74, 6) is 0. The number of nitrogens with zero attached hydrogens (tertiary/aromatic N) is 2. The van der Waals surface area contributed by atoms with E-state index in [1.54, 1.807) is 26.8 Å². The van der Waals surface area contributed by atoms with E-state index >= 15 is 0 Å². The third-order valence-corrected chi connectivity index (χ3v) is 5.22. The van der Waals surface area contributed by atoms with Gasteiger partial charge in [-0.05, 0) is 12.1 Å². The molecule has 0 radical (unpaired) electrons. The van der Waals surface area contributed by atoms with Gasteiger partial charge in [-0.3, -0.25) is 10.1 Å². The first-order chi connectivity index (χ1) is 10.6. The van der Waals surface area contributed by atoms with Gasteiger partial charge in [0.05, 0.1) is 4.92 Å². The van der Waals surface area contributed by atoms with Crippen molar-refractivity contribution in [3.63, 3.8) is 0 Å². The first-order valence-corrected chi connectivity index (χ1v) is 7.58. The van der Waals surface area contributed by atoms with Gasteiger partial charge in [0.25, 0.3) is 5.69 Å². The molecule has 4 bridgehead atoms. The summed E-state index contributed by atoms with van der Waals surface area (Å²) in [5.41, 5.74) is 1.41. The number of oxime groups is 1. The van der Waals surface area contributed by atoms with Gasteiger partial charge in [-0.2, -0.15) is 0 Å². The summed E-state index contributed by atoms with van der Waals surface area (Å²) < 4.78 is 0. The normalized spacial score (nSPS) is 36.5. The van der Waals surface area contributed by atoms with Crippen LogP contribution in [0.15, 0.2) is 29.4 Å². The molecule has 8 heteroatoms. The maximum atomic E-state index is 10.8. The third kappa shape index (κ3) is 1.99. The molecular weight excluding hydrogens is 286 g/mol. The fraction of sp³-hybridized carbons (Fsp3) is 0.500. The lowest BCUT2D eigenvalue weighted by molar-refractivity contribution is -1.30. The summed E-state index contributed by atoms with van der Waals surface area (Å²) in [6.07, 6.45) is 0. The van der Waals surface area contributed by atoms with E-state index < -0.39 is 4.92 Å². The molecule has 4 N–H and O–H groups in total. The van der Waals surface area contributed by atoms with Gasteiger partial charge < -0.3 is 5.21 Å². The van der Waals surface area contributed by atoms with E-state index in [-0.39, 0.29) is 11.1 Å². The Kier molecular flexibility index (Phi) is 2.93. The molecule has 4 saturated heterocycles. The minimum absolute atomic E-state index is 0.0599. The molecule has 1 aromatic rings. The van der Waals surface area contributed by atoms with Crippen molar-refractivity contribution in [2.75, 3.05) is 39.6 Å². The van der Waals surface area contributed by atoms with E-state index in [1.807, 2.05) is 0 Å². The number of nitrogens with one attached hydrogen (secondary N) is 3. The maximum Gasteiger partial charge on any atom is 0.269 e. The number of quaternary nitrogens is 3. The Balaban J connectivity index is 1.69. The second-order valence-electron chi connectivity index (χ2n) is 6.84. The molecule has 0 aliphatic carbocycles. The first kappa shape index (κ1) is 13.6. The van der Waals surface area contributed by atoms with Crippen LogP contribution in [0, 0.1) is 15.5 Å². The van der Waals surface area contributed by atoms with Gasteiger partial charge in [-0.15, -0.1) is 0 Å². The largest absolute Gasteiger partial charge is 0.411 e. The zero-order valence-electron chi connectivity index (χ0n) is 12.2. The Morgan fingerprint density at radius 1 is 1.09 bits per heavy atom. The van der Waals surface area contributed by atoms with E-state index in [2.05, 4.69) is 5.16 Å². The molecule has 4 aliphatic rings. The lowest BCUT2D eigenvalue weighted by Crippen LogP contribution is -3.56. The Morgan fingerprint density at radius 3 is 2.00 bits per heavy atom. The predicted octanol–water partition coefficient (Wildman–Crippen LogP) is -3.67. The smallest absolute Gasteiger partial charge is 0.269 e. The van der Waals surface area contributed by atoms with Crippen LogP contribution in [0.3, 0.4) is 0 Å². The molecule has 0 aromatic heterocycles. The lowest BCUT2D eigenvalue weighted by atomic mass is 9.74. The second-order valence-corrected chi connectivity index (χ2v) is 6.84. The predicted molar refractivity (Wildman–Crippen MR) is 75.9 cm³/mol. The summed E-state index contributed by atoms with van der Waals surface area (Å²) >= 11 is 0. The van der Waals surface area contributed by atoms with Gasteiger partial charge in [0.2, 0.25) is 20.0 Å². The molecule has 5 rings (SSSR count). The van der Waals surface area contributed by atoms with Crippen LogP contribution in [0.4, 0.5) is 5.69 Å². The number of rotatable bonds is 3. The highest BCUT2D eigenvalue weighted by molar-refractivity contribution is 6.05. The number of nitro groups is 1. The molecule has 116 valence electrons. The van der Waals surface area contributed by atoms with Crippen molar-refractivity contribution in [1.29, 1.82) is 0 Å². The third-order valence-electron chi connectivity index (χ3n) is 5.22. The summed E-state index contributed by atoms with van der Waals surface area (Å²) in [7, 11) is 0. The molecule has 8 nitrogen and oxygen atoms in total. The number of benzene rings is 1. The van der Waals surface area contributed by atoms with Crippen LogP contribution in [-0.4, -0.2) is 55.5 Å². The number of non-ortho nitro benzene ring substituents is 1. The molecule has 0 amide bonds. The average Bonchev–Trinajstić information content (AvgIpc) is 2.46. The maximum absolute atomic E-state index is 10.8. The van der Waals surface area contributed by atoms with Gasteiger partial charge in [-0.25, -0.2) is 14.7 Å². The van der Waals surface area contributed by atoms with Gasteiger partial charge >= 0.3 is 0 Å². The SMILES string of the molecule is O=[N+]([O-])c1ccc(/C(=N/O)C23C[NH+]4C[NH+](C[NH+](C4)C2)C3)cc1. The van der Waals surface area contributed by atoms with E-state index in [9.17, 15) is 15.3 Å². The van der Waals surface area contributed by atoms with Crippen molar-refractivity contribution in [2.24, 2.45) is 10.6 Å². The minimum Gasteiger partial charge on any atom is -0.411 e. The van der Waals surface area contributed by atoms with Crippen LogP contribution in [0.25, 0.3) is 0 Å². The zero-order valence-corrected chi connectivity index (χ0v) is 12.2. The molecule has 0 unspecified atom stereocenters. The average molecular weight is 306 g/mol. The molecule has 0 saturated carbocycles. The molecule has 4 fully saturated rings. The molecule has 4 heterocycles. The number of nitro benzene ring substituents is 1. The second kappa shape index (κ2) is 4.73.